The first-order valence-electron chi connectivity index (χ1n) is 5.32. The third-order valence-electron chi connectivity index (χ3n) is 2.38. The van der Waals surface area contributed by atoms with Crippen LogP contribution >= 0.6 is 0 Å². The molecule has 0 saturated heterocycles. The fourth-order valence-electron chi connectivity index (χ4n) is 1.28. The van der Waals surface area contributed by atoms with E-state index in [1.807, 2.05) is 0 Å². The number of allylic oxidation sites excluding steroid dienone is 1. The Bertz CT molecular complexity index is 532. The molecule has 94 valence electrons. The van der Waals surface area contributed by atoms with Crippen molar-refractivity contribution < 1.29 is 19.4 Å². The smallest absolute Gasteiger partial charge is 0.189 e. The zero-order chi connectivity index (χ0) is 13.7. The van der Waals surface area contributed by atoms with Crippen molar-refractivity contribution in [3.8, 4) is 6.07 Å². The third kappa shape index (κ3) is 3.15. The maximum Gasteiger partial charge on any atom is 0.189 e. The molecule has 4 nitrogen and oxygen atoms in total. The Balaban J connectivity index is 2.99. The average Bonchev–Trinajstić information content (AvgIpc) is 2.37. The summed E-state index contributed by atoms with van der Waals surface area (Å²) in [5, 5.41) is 27.2. The second-order valence-electron chi connectivity index (χ2n) is 3.66. The van der Waals surface area contributed by atoms with E-state index >= 15 is 0 Å². The van der Waals surface area contributed by atoms with Crippen LogP contribution < -0.4 is 0 Å². The van der Waals surface area contributed by atoms with Crippen LogP contribution in [-0.4, -0.2) is 22.1 Å². The summed E-state index contributed by atoms with van der Waals surface area (Å²) in [7, 11) is 0. The van der Waals surface area contributed by atoms with Crippen molar-refractivity contribution in [2.24, 2.45) is 0 Å². The fourth-order valence-corrected chi connectivity index (χ4v) is 1.28. The summed E-state index contributed by atoms with van der Waals surface area (Å²) in [5.41, 5.74) is -0.158. The van der Waals surface area contributed by atoms with Gasteiger partial charge in [-0.05, 0) is 24.6 Å². The van der Waals surface area contributed by atoms with Crippen LogP contribution in [0.1, 0.15) is 29.3 Å². The molecular weight excluding hydrogens is 237 g/mol. The first kappa shape index (κ1) is 13.9. The number of hydrogen-bond donors (Lipinski definition) is 2. The number of carbonyl (C=O) groups excluding carboxylic acids is 1. The average molecular weight is 249 g/mol. The monoisotopic (exact) mass is 249 g/mol. The van der Waals surface area contributed by atoms with E-state index in [4.69, 9.17) is 5.26 Å². The number of halogens is 1. The molecule has 0 spiro atoms. The van der Waals surface area contributed by atoms with Gasteiger partial charge in [0.1, 0.15) is 23.7 Å². The number of aliphatic hydroxyl groups excluding tert-OH is 2. The van der Waals surface area contributed by atoms with E-state index in [-0.39, 0.29) is 17.5 Å². The molecule has 18 heavy (non-hydrogen) atoms. The first-order chi connectivity index (χ1) is 8.49. The van der Waals surface area contributed by atoms with Crippen molar-refractivity contribution >= 4 is 5.78 Å². The van der Waals surface area contributed by atoms with Gasteiger partial charge in [0.05, 0.1) is 5.56 Å². The Morgan fingerprint density at radius 1 is 1.61 bits per heavy atom. The summed E-state index contributed by atoms with van der Waals surface area (Å²) in [6.07, 6.45) is -0.0102. The SMILES string of the molecule is CCC(O)/C(O)=C/C(=O)c1ccc(C#N)c(F)c1. The van der Waals surface area contributed by atoms with Crippen LogP contribution in [0.3, 0.4) is 0 Å². The number of hydrogen-bond acceptors (Lipinski definition) is 4. The van der Waals surface area contributed by atoms with Crippen LogP contribution in [0.4, 0.5) is 4.39 Å². The van der Waals surface area contributed by atoms with Gasteiger partial charge >= 0.3 is 0 Å². The highest BCUT2D eigenvalue weighted by Crippen LogP contribution is 2.12. The van der Waals surface area contributed by atoms with Crippen molar-refractivity contribution in [2.75, 3.05) is 0 Å². The molecule has 1 atom stereocenters. The van der Waals surface area contributed by atoms with Crippen molar-refractivity contribution in [1.29, 1.82) is 5.26 Å². The van der Waals surface area contributed by atoms with E-state index in [0.717, 1.165) is 12.1 Å². The predicted molar refractivity (Wildman–Crippen MR) is 62.5 cm³/mol. The second kappa shape index (κ2) is 5.94. The zero-order valence-electron chi connectivity index (χ0n) is 9.72. The lowest BCUT2D eigenvalue weighted by molar-refractivity contribution is 0.102. The van der Waals surface area contributed by atoms with Crippen LogP contribution in [0.15, 0.2) is 30.0 Å². The molecule has 1 rings (SSSR count). The molecule has 0 aliphatic carbocycles. The molecule has 0 amide bonds. The lowest BCUT2D eigenvalue weighted by Gasteiger charge is -2.05. The predicted octanol–water partition coefficient (Wildman–Crippen LogP) is 2.09. The maximum absolute atomic E-state index is 13.3. The molecule has 0 fully saturated rings. The van der Waals surface area contributed by atoms with Crippen molar-refractivity contribution in [3.63, 3.8) is 0 Å². The molecule has 0 saturated carbocycles. The summed E-state index contributed by atoms with van der Waals surface area (Å²) in [6, 6.07) is 5.03. The number of benzene rings is 1. The molecule has 1 aromatic rings. The number of ketones is 1. The highest BCUT2D eigenvalue weighted by Gasteiger charge is 2.12. The number of carbonyl (C=O) groups is 1. The molecular formula is C13H12FNO3. The quantitative estimate of drug-likeness (QED) is 0.486. The zero-order valence-corrected chi connectivity index (χ0v) is 9.72. The Morgan fingerprint density at radius 2 is 2.28 bits per heavy atom. The largest absolute Gasteiger partial charge is 0.509 e. The van der Waals surface area contributed by atoms with E-state index in [9.17, 15) is 19.4 Å². The van der Waals surface area contributed by atoms with Gasteiger partial charge in [0.15, 0.2) is 5.78 Å². The summed E-state index contributed by atoms with van der Waals surface area (Å²) < 4.78 is 13.3. The molecule has 2 N–H and O–H groups in total. The van der Waals surface area contributed by atoms with Crippen LogP contribution in [0.2, 0.25) is 0 Å². The minimum absolute atomic E-state index is 0.00125. The highest BCUT2D eigenvalue weighted by molar-refractivity contribution is 6.04. The van der Waals surface area contributed by atoms with Gasteiger partial charge in [-0.25, -0.2) is 4.39 Å². The first-order valence-corrected chi connectivity index (χ1v) is 5.32. The van der Waals surface area contributed by atoms with E-state index in [2.05, 4.69) is 0 Å². The van der Waals surface area contributed by atoms with E-state index in [1.165, 1.54) is 12.1 Å². The molecule has 0 aliphatic rings. The molecule has 0 heterocycles. The van der Waals surface area contributed by atoms with Gasteiger partial charge in [0, 0.05) is 11.6 Å². The lowest BCUT2D eigenvalue weighted by Crippen LogP contribution is -2.10. The lowest BCUT2D eigenvalue weighted by atomic mass is 10.1. The van der Waals surface area contributed by atoms with Crippen LogP contribution in [0.5, 0.6) is 0 Å². The normalized spacial score (nSPS) is 12.9. The van der Waals surface area contributed by atoms with Crippen LogP contribution in [0, 0.1) is 17.1 Å². The summed E-state index contributed by atoms with van der Waals surface area (Å²) in [5.74, 6) is -1.90. The molecule has 0 radical (unpaired) electrons. The van der Waals surface area contributed by atoms with Crippen LogP contribution in [-0.2, 0) is 0 Å². The summed E-state index contributed by atoms with van der Waals surface area (Å²) >= 11 is 0. The third-order valence-corrected chi connectivity index (χ3v) is 2.38. The van der Waals surface area contributed by atoms with E-state index < -0.39 is 23.5 Å². The standard InChI is InChI=1S/C13H12FNO3/c1-2-11(16)13(18)6-12(17)8-3-4-9(7-15)10(14)5-8/h3-6,11,16,18H,2H2,1H3/b13-6-. The highest BCUT2D eigenvalue weighted by atomic mass is 19.1. The number of aliphatic hydroxyl groups is 2. The minimum atomic E-state index is -1.11. The molecule has 5 heteroatoms. The molecule has 1 unspecified atom stereocenters. The number of nitrogens with zero attached hydrogens (tertiary/aromatic N) is 1. The maximum atomic E-state index is 13.3. The fraction of sp³-hybridized carbons (Fsp3) is 0.231. The Labute approximate surface area is 104 Å². The molecule has 1 aromatic carbocycles. The van der Waals surface area contributed by atoms with Gasteiger partial charge in [-0.1, -0.05) is 6.92 Å². The number of rotatable bonds is 4. The van der Waals surface area contributed by atoms with Gasteiger partial charge in [-0.2, -0.15) is 5.26 Å². The summed E-state index contributed by atoms with van der Waals surface area (Å²) in [4.78, 5) is 11.6. The Hall–Kier alpha value is -2.19. The van der Waals surface area contributed by atoms with Gasteiger partial charge < -0.3 is 10.2 Å². The van der Waals surface area contributed by atoms with E-state index in [1.54, 1.807) is 13.0 Å². The van der Waals surface area contributed by atoms with E-state index in [0.29, 0.717) is 0 Å². The topological polar surface area (TPSA) is 81.3 Å². The second-order valence-corrected chi connectivity index (χ2v) is 3.66. The van der Waals surface area contributed by atoms with Gasteiger partial charge in [-0.3, -0.25) is 4.79 Å². The van der Waals surface area contributed by atoms with Gasteiger partial charge in [0.2, 0.25) is 0 Å². The van der Waals surface area contributed by atoms with Crippen molar-refractivity contribution in [3.05, 3.63) is 47.0 Å². The molecule has 0 aromatic heterocycles. The summed E-state index contributed by atoms with van der Waals surface area (Å²) in [6.45, 7) is 1.64. The molecule has 0 aliphatic heterocycles. The van der Waals surface area contributed by atoms with Crippen molar-refractivity contribution in [1.82, 2.24) is 0 Å². The Kier molecular flexibility index (Phi) is 4.58. The minimum Gasteiger partial charge on any atom is -0.509 e. The Morgan fingerprint density at radius 3 is 2.78 bits per heavy atom. The van der Waals surface area contributed by atoms with Gasteiger partial charge in [-0.15, -0.1) is 0 Å². The van der Waals surface area contributed by atoms with Crippen molar-refractivity contribution in [2.45, 2.75) is 19.4 Å². The van der Waals surface area contributed by atoms with Gasteiger partial charge in [0.25, 0.3) is 0 Å². The van der Waals surface area contributed by atoms with Crippen LogP contribution in [0.25, 0.3) is 0 Å². The number of nitriles is 1. The molecule has 0 bridgehead atoms.